The maximum absolute atomic E-state index is 15.1. The summed E-state index contributed by atoms with van der Waals surface area (Å²) >= 11 is 6.49. The van der Waals surface area contributed by atoms with Crippen LogP contribution >= 0.6 is 11.6 Å². The molecule has 3 heterocycles. The van der Waals surface area contributed by atoms with Crippen LogP contribution in [0.5, 0.6) is 5.88 Å². The molecule has 1 saturated carbocycles. The van der Waals surface area contributed by atoms with E-state index < -0.39 is 11.8 Å². The minimum atomic E-state index is -0.616. The van der Waals surface area contributed by atoms with Crippen LogP contribution < -0.4 is 15.6 Å². The van der Waals surface area contributed by atoms with Gasteiger partial charge in [0.15, 0.2) is 0 Å². The molecule has 10 heteroatoms. The predicted molar refractivity (Wildman–Crippen MR) is 139 cm³/mol. The van der Waals surface area contributed by atoms with Crippen molar-refractivity contribution >= 4 is 23.3 Å². The van der Waals surface area contributed by atoms with E-state index in [1.54, 1.807) is 42.6 Å². The third-order valence-electron chi connectivity index (χ3n) is 7.16. The van der Waals surface area contributed by atoms with Crippen LogP contribution in [-0.2, 0) is 11.2 Å². The van der Waals surface area contributed by atoms with E-state index in [-0.39, 0.29) is 40.6 Å². The van der Waals surface area contributed by atoms with Crippen molar-refractivity contribution in [1.29, 1.82) is 0 Å². The zero-order valence-corrected chi connectivity index (χ0v) is 21.5. The number of fused-ring (bicyclic) bond motifs is 1. The van der Waals surface area contributed by atoms with Crippen molar-refractivity contribution < 1.29 is 18.7 Å². The molecule has 2 aliphatic rings. The van der Waals surface area contributed by atoms with Gasteiger partial charge in [-0.25, -0.2) is 14.2 Å². The fourth-order valence-electron chi connectivity index (χ4n) is 5.04. The molecule has 2 aromatic heterocycles. The number of nitrogens with zero attached hydrogens (tertiary/aromatic N) is 2. The molecule has 0 spiro atoms. The van der Waals surface area contributed by atoms with Gasteiger partial charge in [0.1, 0.15) is 11.9 Å². The standard InChI is InChI=1S/C27H28ClFN4O4/c1-14-6-17-7-25(34)30-13-21(17)15(2)33(14)27(35)32-24-11-22(28)20(10-23(24)29)16-4-5-26(31-12-16)37-19-8-18(9-19)36-3/h4-5,7,10-15,18-19H,6,8-9H2,1-3H3,(H,30,34)(H,32,35). The number of aromatic amines is 1. The Morgan fingerprint density at radius 1 is 1.22 bits per heavy atom. The van der Waals surface area contributed by atoms with Crippen molar-refractivity contribution in [3.63, 3.8) is 0 Å². The molecule has 2 atom stereocenters. The number of carbonyl (C=O) groups is 1. The molecule has 2 unspecified atom stereocenters. The highest BCUT2D eigenvalue weighted by molar-refractivity contribution is 6.33. The lowest BCUT2D eigenvalue weighted by molar-refractivity contribution is -0.0396. The van der Waals surface area contributed by atoms with Gasteiger partial charge in [-0.05, 0) is 49.6 Å². The molecular formula is C27H28ClFN4O4. The van der Waals surface area contributed by atoms with Crippen LogP contribution in [0.25, 0.3) is 11.1 Å². The van der Waals surface area contributed by atoms with E-state index in [4.69, 9.17) is 21.1 Å². The van der Waals surface area contributed by atoms with Crippen LogP contribution in [0.15, 0.2) is 47.5 Å². The Morgan fingerprint density at radius 3 is 2.70 bits per heavy atom. The molecule has 0 saturated heterocycles. The Hall–Kier alpha value is -3.43. The van der Waals surface area contributed by atoms with Gasteiger partial charge in [0.25, 0.3) is 0 Å². The zero-order chi connectivity index (χ0) is 26.3. The van der Waals surface area contributed by atoms with E-state index in [9.17, 15) is 9.59 Å². The lowest BCUT2D eigenvalue weighted by Crippen LogP contribution is -2.47. The van der Waals surface area contributed by atoms with E-state index in [2.05, 4.69) is 15.3 Å². The van der Waals surface area contributed by atoms with Gasteiger partial charge in [-0.2, -0.15) is 0 Å². The molecule has 2 N–H and O–H groups in total. The second-order valence-electron chi connectivity index (χ2n) is 9.61. The summed E-state index contributed by atoms with van der Waals surface area (Å²) < 4.78 is 26.2. The highest BCUT2D eigenvalue weighted by Crippen LogP contribution is 2.35. The molecule has 5 rings (SSSR count). The fourth-order valence-corrected chi connectivity index (χ4v) is 5.32. The molecule has 1 aliphatic heterocycles. The zero-order valence-electron chi connectivity index (χ0n) is 20.8. The third-order valence-corrected chi connectivity index (χ3v) is 7.47. The Kier molecular flexibility index (Phi) is 6.92. The topological polar surface area (TPSA) is 96.5 Å². The maximum atomic E-state index is 15.1. The number of halogens is 2. The molecule has 194 valence electrons. The molecule has 0 bridgehead atoms. The summed E-state index contributed by atoms with van der Waals surface area (Å²) in [5, 5.41) is 2.94. The van der Waals surface area contributed by atoms with Gasteiger partial charge in [0, 0.05) is 61.6 Å². The number of hydrogen-bond acceptors (Lipinski definition) is 5. The summed E-state index contributed by atoms with van der Waals surface area (Å²) in [5.74, 6) is -0.130. The quantitative estimate of drug-likeness (QED) is 0.468. The number of rotatable bonds is 5. The molecule has 0 radical (unpaired) electrons. The first-order valence-corrected chi connectivity index (χ1v) is 12.6. The van der Waals surface area contributed by atoms with E-state index >= 15 is 4.39 Å². The SMILES string of the molecule is COC1CC(Oc2ccc(-c3cc(F)c(NC(=O)N4C(C)Cc5cc(=O)[nH]cc5C4C)cc3Cl)cn2)C1. The number of anilines is 1. The number of amides is 2. The van der Waals surface area contributed by atoms with Crippen molar-refractivity contribution in [2.24, 2.45) is 0 Å². The summed E-state index contributed by atoms with van der Waals surface area (Å²) in [6.07, 6.45) is 5.70. The van der Waals surface area contributed by atoms with Gasteiger partial charge in [0.2, 0.25) is 11.4 Å². The lowest BCUT2D eigenvalue weighted by Gasteiger charge is -2.40. The maximum Gasteiger partial charge on any atom is 0.322 e. The number of nitrogens with one attached hydrogen (secondary N) is 2. The third kappa shape index (κ3) is 5.06. The van der Waals surface area contributed by atoms with Gasteiger partial charge in [-0.3, -0.25) is 4.79 Å². The van der Waals surface area contributed by atoms with Crippen molar-refractivity contribution in [3.05, 3.63) is 75.0 Å². The first kappa shape index (κ1) is 25.2. The number of benzene rings is 1. The molecule has 2 amide bonds. The highest BCUT2D eigenvalue weighted by Gasteiger charge is 2.34. The lowest BCUT2D eigenvalue weighted by atomic mass is 9.91. The predicted octanol–water partition coefficient (Wildman–Crippen LogP) is 5.33. The summed E-state index contributed by atoms with van der Waals surface area (Å²) in [4.78, 5) is 33.5. The molecule has 8 nitrogen and oxygen atoms in total. The van der Waals surface area contributed by atoms with Crippen LogP contribution in [0.1, 0.15) is 43.9 Å². The summed E-state index contributed by atoms with van der Waals surface area (Å²) in [5.41, 5.74) is 2.65. The first-order valence-electron chi connectivity index (χ1n) is 12.2. The highest BCUT2D eigenvalue weighted by atomic mass is 35.5. The number of H-pyrrole nitrogens is 1. The summed E-state index contributed by atoms with van der Waals surface area (Å²) in [7, 11) is 1.69. The Bertz CT molecular complexity index is 1370. The Labute approximate surface area is 218 Å². The Balaban J connectivity index is 1.29. The number of carbonyl (C=O) groups excluding carboxylic acids is 1. The molecular weight excluding hydrogens is 499 g/mol. The molecule has 3 aromatic rings. The smallest absolute Gasteiger partial charge is 0.322 e. The van der Waals surface area contributed by atoms with Crippen LogP contribution in [0.2, 0.25) is 5.02 Å². The van der Waals surface area contributed by atoms with E-state index in [1.165, 1.54) is 12.1 Å². The number of pyridine rings is 2. The van der Waals surface area contributed by atoms with Gasteiger partial charge in [0.05, 0.1) is 22.9 Å². The number of aromatic nitrogens is 2. The van der Waals surface area contributed by atoms with Gasteiger partial charge < -0.3 is 24.7 Å². The minimum absolute atomic E-state index is 0.0176. The first-order chi connectivity index (χ1) is 17.7. The normalized spacial score (nSPS) is 22.7. The van der Waals surface area contributed by atoms with Crippen molar-refractivity contribution in [1.82, 2.24) is 14.9 Å². The number of hydrogen-bond donors (Lipinski definition) is 2. The molecule has 1 aromatic carbocycles. The number of methoxy groups -OCH3 is 1. The largest absolute Gasteiger partial charge is 0.474 e. The van der Waals surface area contributed by atoms with Crippen molar-refractivity contribution in [2.75, 3.05) is 12.4 Å². The van der Waals surface area contributed by atoms with E-state index in [0.717, 1.165) is 24.0 Å². The van der Waals surface area contributed by atoms with Gasteiger partial charge in [-0.1, -0.05) is 11.6 Å². The van der Waals surface area contributed by atoms with Gasteiger partial charge >= 0.3 is 6.03 Å². The van der Waals surface area contributed by atoms with Crippen LogP contribution in [-0.4, -0.2) is 46.3 Å². The van der Waals surface area contributed by atoms with E-state index in [1.807, 2.05) is 13.8 Å². The summed E-state index contributed by atoms with van der Waals surface area (Å²) in [6.45, 7) is 3.77. The molecule has 37 heavy (non-hydrogen) atoms. The van der Waals surface area contributed by atoms with E-state index in [0.29, 0.717) is 23.4 Å². The number of ether oxygens (including phenoxy) is 2. The van der Waals surface area contributed by atoms with Crippen LogP contribution in [0.3, 0.4) is 0 Å². The summed E-state index contributed by atoms with van der Waals surface area (Å²) in [6, 6.07) is 6.81. The second kappa shape index (κ2) is 10.1. The van der Waals surface area contributed by atoms with Gasteiger partial charge in [-0.15, -0.1) is 0 Å². The molecule has 1 aliphatic carbocycles. The average molecular weight is 527 g/mol. The average Bonchev–Trinajstić information content (AvgIpc) is 2.83. The van der Waals surface area contributed by atoms with Crippen molar-refractivity contribution in [2.45, 2.75) is 57.4 Å². The minimum Gasteiger partial charge on any atom is -0.474 e. The fraction of sp³-hybridized carbons (Fsp3) is 0.370. The van der Waals surface area contributed by atoms with Crippen molar-refractivity contribution in [3.8, 4) is 17.0 Å². The second-order valence-corrected chi connectivity index (χ2v) is 10.0. The number of urea groups is 1. The molecule has 1 fully saturated rings. The Morgan fingerprint density at radius 2 is 2.00 bits per heavy atom. The monoisotopic (exact) mass is 526 g/mol. The van der Waals surface area contributed by atoms with Crippen LogP contribution in [0, 0.1) is 5.82 Å². The van der Waals surface area contributed by atoms with Crippen LogP contribution in [0.4, 0.5) is 14.9 Å².